The highest BCUT2D eigenvalue weighted by Crippen LogP contribution is 2.14. The lowest BCUT2D eigenvalue weighted by Crippen LogP contribution is -2.51. The maximum atomic E-state index is 13.0. The van der Waals surface area contributed by atoms with Crippen molar-refractivity contribution in [2.75, 3.05) is 19.7 Å². The summed E-state index contributed by atoms with van der Waals surface area (Å²) in [4.78, 5) is 27.3. The monoisotopic (exact) mass is 396 g/mol. The van der Waals surface area contributed by atoms with Crippen molar-refractivity contribution in [2.24, 2.45) is 0 Å². The molecular weight excluding hydrogens is 364 g/mol. The topological polar surface area (TPSA) is 58.6 Å². The molecule has 0 spiro atoms. The molecule has 0 aromatic heterocycles. The number of benzene rings is 2. The van der Waals surface area contributed by atoms with Crippen molar-refractivity contribution in [1.82, 2.24) is 10.2 Å². The molecule has 2 aromatic carbocycles. The van der Waals surface area contributed by atoms with Gasteiger partial charge in [-0.25, -0.2) is 0 Å². The molecule has 5 heteroatoms. The van der Waals surface area contributed by atoms with Crippen molar-refractivity contribution in [3.8, 4) is 5.75 Å². The normalized spacial score (nSPS) is 11.6. The number of hydrogen-bond acceptors (Lipinski definition) is 3. The molecule has 5 nitrogen and oxygen atoms in total. The number of ether oxygens (including phenoxy) is 1. The first-order valence-corrected chi connectivity index (χ1v) is 10.4. The Morgan fingerprint density at radius 3 is 2.48 bits per heavy atom. The van der Waals surface area contributed by atoms with Crippen LogP contribution >= 0.6 is 0 Å². The van der Waals surface area contributed by atoms with Crippen LogP contribution in [0.3, 0.4) is 0 Å². The van der Waals surface area contributed by atoms with Crippen molar-refractivity contribution < 1.29 is 14.3 Å². The Bertz CT molecular complexity index is 777. The molecule has 2 amide bonds. The van der Waals surface area contributed by atoms with Gasteiger partial charge in [-0.05, 0) is 49.4 Å². The zero-order valence-electron chi connectivity index (χ0n) is 17.7. The average Bonchev–Trinajstić information content (AvgIpc) is 2.74. The first-order chi connectivity index (χ1) is 14.0. The van der Waals surface area contributed by atoms with Crippen LogP contribution in [0.1, 0.15) is 37.8 Å². The molecule has 0 aliphatic heterocycles. The Kier molecular flexibility index (Phi) is 9.22. The fourth-order valence-electron chi connectivity index (χ4n) is 3.20. The highest BCUT2D eigenvalue weighted by molar-refractivity contribution is 5.88. The number of amides is 2. The van der Waals surface area contributed by atoms with Gasteiger partial charge in [0, 0.05) is 13.1 Å². The van der Waals surface area contributed by atoms with Gasteiger partial charge < -0.3 is 15.0 Å². The van der Waals surface area contributed by atoms with Crippen molar-refractivity contribution in [3.63, 3.8) is 0 Å². The third-order valence-corrected chi connectivity index (χ3v) is 4.77. The van der Waals surface area contributed by atoms with E-state index in [2.05, 4.69) is 5.32 Å². The van der Waals surface area contributed by atoms with Crippen LogP contribution in [0.15, 0.2) is 54.6 Å². The summed E-state index contributed by atoms with van der Waals surface area (Å²) in [5.74, 6) is 0.372. The van der Waals surface area contributed by atoms with E-state index in [0.29, 0.717) is 31.7 Å². The summed E-state index contributed by atoms with van der Waals surface area (Å²) in [5, 5.41) is 2.92. The Morgan fingerprint density at radius 1 is 1.07 bits per heavy atom. The third kappa shape index (κ3) is 7.26. The lowest BCUT2D eigenvalue weighted by molar-refractivity contribution is -0.142. The fraction of sp³-hybridized carbons (Fsp3) is 0.417. The van der Waals surface area contributed by atoms with Gasteiger partial charge in [-0.15, -0.1) is 0 Å². The molecule has 0 saturated carbocycles. The Morgan fingerprint density at radius 2 is 1.83 bits per heavy atom. The molecule has 1 unspecified atom stereocenters. The van der Waals surface area contributed by atoms with E-state index >= 15 is 0 Å². The van der Waals surface area contributed by atoms with Crippen molar-refractivity contribution in [1.29, 1.82) is 0 Å². The summed E-state index contributed by atoms with van der Waals surface area (Å²) in [5.41, 5.74) is 2.20. The van der Waals surface area contributed by atoms with E-state index in [9.17, 15) is 9.59 Å². The molecule has 0 radical (unpaired) electrons. The van der Waals surface area contributed by atoms with Gasteiger partial charge in [-0.1, -0.05) is 56.3 Å². The molecule has 2 aromatic rings. The number of hydrogen-bond donors (Lipinski definition) is 1. The predicted molar refractivity (Wildman–Crippen MR) is 116 cm³/mol. The minimum Gasteiger partial charge on any atom is -0.484 e. The van der Waals surface area contributed by atoms with Crippen LogP contribution in [-0.4, -0.2) is 42.5 Å². The first-order valence-electron chi connectivity index (χ1n) is 10.4. The molecule has 0 saturated heterocycles. The van der Waals surface area contributed by atoms with Crippen LogP contribution in [0.5, 0.6) is 5.75 Å². The van der Waals surface area contributed by atoms with E-state index in [4.69, 9.17) is 4.74 Å². The van der Waals surface area contributed by atoms with E-state index in [0.717, 1.165) is 17.5 Å². The van der Waals surface area contributed by atoms with Crippen LogP contribution in [-0.2, 0) is 16.0 Å². The van der Waals surface area contributed by atoms with Gasteiger partial charge in [-0.2, -0.15) is 0 Å². The molecule has 0 aliphatic rings. The molecule has 156 valence electrons. The Balaban J connectivity index is 2.10. The van der Waals surface area contributed by atoms with Gasteiger partial charge in [0.1, 0.15) is 11.8 Å². The number of nitrogens with zero attached hydrogens (tertiary/aromatic N) is 1. The van der Waals surface area contributed by atoms with Crippen molar-refractivity contribution in [2.45, 2.75) is 46.1 Å². The standard InChI is InChI=1S/C24H32N2O3/c1-4-15-25-24(28)22(5-2)26(16-14-20-11-7-6-8-12-20)23(27)18-29-21-13-9-10-19(3)17-21/h6-13,17,22H,4-5,14-16,18H2,1-3H3,(H,25,28). The fourth-order valence-corrected chi connectivity index (χ4v) is 3.20. The zero-order chi connectivity index (χ0) is 21.1. The number of aryl methyl sites for hydroxylation is 1. The van der Waals surface area contributed by atoms with Gasteiger partial charge in [0.15, 0.2) is 6.61 Å². The molecule has 29 heavy (non-hydrogen) atoms. The first kappa shape index (κ1) is 22.5. The average molecular weight is 397 g/mol. The Labute approximate surface area is 174 Å². The minimum atomic E-state index is -0.501. The second kappa shape index (κ2) is 11.9. The van der Waals surface area contributed by atoms with Crippen LogP contribution in [0.2, 0.25) is 0 Å². The SMILES string of the molecule is CCCNC(=O)C(CC)N(CCc1ccccc1)C(=O)COc1cccc(C)c1. The number of carbonyl (C=O) groups is 2. The highest BCUT2D eigenvalue weighted by atomic mass is 16.5. The summed E-state index contributed by atoms with van der Waals surface area (Å²) in [6, 6.07) is 17.1. The lowest BCUT2D eigenvalue weighted by Gasteiger charge is -2.30. The lowest BCUT2D eigenvalue weighted by atomic mass is 10.1. The van der Waals surface area contributed by atoms with Crippen molar-refractivity contribution >= 4 is 11.8 Å². The number of nitrogens with one attached hydrogen (secondary N) is 1. The zero-order valence-corrected chi connectivity index (χ0v) is 17.7. The van der Waals surface area contributed by atoms with Crippen LogP contribution < -0.4 is 10.1 Å². The molecule has 0 bridgehead atoms. The van der Waals surface area contributed by atoms with E-state index in [1.165, 1.54) is 0 Å². The second-order valence-electron chi connectivity index (χ2n) is 7.14. The van der Waals surface area contributed by atoms with Crippen LogP contribution in [0.4, 0.5) is 0 Å². The quantitative estimate of drug-likeness (QED) is 0.629. The van der Waals surface area contributed by atoms with Crippen LogP contribution in [0, 0.1) is 6.92 Å². The highest BCUT2D eigenvalue weighted by Gasteiger charge is 2.28. The molecule has 1 N–H and O–H groups in total. The molecule has 0 fully saturated rings. The molecule has 0 heterocycles. The Hall–Kier alpha value is -2.82. The maximum Gasteiger partial charge on any atom is 0.261 e. The minimum absolute atomic E-state index is 0.0875. The summed E-state index contributed by atoms with van der Waals surface area (Å²) in [6.45, 7) is 6.91. The van der Waals surface area contributed by atoms with Gasteiger partial charge >= 0.3 is 0 Å². The molecule has 1 atom stereocenters. The molecule has 2 rings (SSSR count). The van der Waals surface area contributed by atoms with Crippen molar-refractivity contribution in [3.05, 3.63) is 65.7 Å². The van der Waals surface area contributed by atoms with E-state index in [-0.39, 0.29) is 18.4 Å². The summed E-state index contributed by atoms with van der Waals surface area (Å²) in [6.07, 6.45) is 2.10. The van der Waals surface area contributed by atoms with Gasteiger partial charge in [0.25, 0.3) is 5.91 Å². The number of rotatable bonds is 11. The molecule has 0 aliphatic carbocycles. The largest absolute Gasteiger partial charge is 0.484 e. The van der Waals surface area contributed by atoms with Gasteiger partial charge in [0.05, 0.1) is 0 Å². The second-order valence-corrected chi connectivity index (χ2v) is 7.14. The van der Waals surface area contributed by atoms with E-state index in [1.54, 1.807) is 4.90 Å². The van der Waals surface area contributed by atoms with E-state index < -0.39 is 6.04 Å². The van der Waals surface area contributed by atoms with Crippen LogP contribution in [0.25, 0.3) is 0 Å². The summed E-state index contributed by atoms with van der Waals surface area (Å²) >= 11 is 0. The van der Waals surface area contributed by atoms with Gasteiger partial charge in [0.2, 0.25) is 5.91 Å². The maximum absolute atomic E-state index is 13.0. The summed E-state index contributed by atoms with van der Waals surface area (Å²) in [7, 11) is 0. The number of carbonyl (C=O) groups excluding carboxylic acids is 2. The predicted octanol–water partition coefficient (Wildman–Crippen LogP) is 3.75. The van der Waals surface area contributed by atoms with E-state index in [1.807, 2.05) is 75.4 Å². The smallest absolute Gasteiger partial charge is 0.261 e. The third-order valence-electron chi connectivity index (χ3n) is 4.77. The summed E-state index contributed by atoms with van der Waals surface area (Å²) < 4.78 is 5.71. The molecular formula is C24H32N2O3. The van der Waals surface area contributed by atoms with Gasteiger partial charge in [-0.3, -0.25) is 9.59 Å².